The summed E-state index contributed by atoms with van der Waals surface area (Å²) in [5.74, 6) is 0. The third-order valence-corrected chi connectivity index (χ3v) is 3.59. The third kappa shape index (κ3) is 2.57. The van der Waals surface area contributed by atoms with Gasteiger partial charge in [0.2, 0.25) is 0 Å². The minimum absolute atomic E-state index is 0.0127. The van der Waals surface area contributed by atoms with E-state index in [1.807, 2.05) is 4.90 Å². The number of rotatable bonds is 3. The Bertz CT molecular complexity index is 453. The first-order valence-electron chi connectivity index (χ1n) is 5.95. The molecule has 0 radical (unpaired) electrons. The zero-order valence-corrected chi connectivity index (χ0v) is 10.6. The molecule has 0 aromatic heterocycles. The molecule has 98 valence electrons. The molecule has 1 saturated heterocycles. The van der Waals surface area contributed by atoms with Crippen LogP contribution in [0, 0.1) is 10.1 Å². The maximum atomic E-state index is 10.7. The number of aliphatic hydroxyl groups is 1. The number of halogens is 1. The second kappa shape index (κ2) is 5.54. The average Bonchev–Trinajstić information content (AvgIpc) is 2.38. The third-order valence-electron chi connectivity index (χ3n) is 3.29. The van der Waals surface area contributed by atoms with Crippen molar-refractivity contribution in [3.05, 3.63) is 33.3 Å². The average molecular weight is 271 g/mol. The molecule has 18 heavy (non-hydrogen) atoms. The van der Waals surface area contributed by atoms with Gasteiger partial charge >= 0.3 is 0 Å². The lowest BCUT2D eigenvalue weighted by Gasteiger charge is -2.36. The molecular weight excluding hydrogens is 256 g/mol. The van der Waals surface area contributed by atoms with E-state index < -0.39 is 4.92 Å². The second-order valence-electron chi connectivity index (χ2n) is 4.42. The van der Waals surface area contributed by atoms with E-state index in [-0.39, 0.29) is 18.3 Å². The Hall–Kier alpha value is -1.33. The van der Waals surface area contributed by atoms with Crippen LogP contribution in [-0.4, -0.2) is 29.2 Å². The van der Waals surface area contributed by atoms with Crippen molar-refractivity contribution in [1.82, 2.24) is 0 Å². The van der Waals surface area contributed by atoms with Gasteiger partial charge in [0, 0.05) is 18.7 Å². The van der Waals surface area contributed by atoms with Gasteiger partial charge in [-0.25, -0.2) is 0 Å². The van der Waals surface area contributed by atoms with Gasteiger partial charge in [-0.2, -0.15) is 0 Å². The standard InChI is InChI=1S/C12H15ClN2O3/c13-11-7-9(15(17)18)4-5-12(11)14-6-2-1-3-10(14)8-16/h4-5,7,10,16H,1-3,6,8H2/t10-/m1/s1. The fourth-order valence-electron chi connectivity index (χ4n) is 2.35. The lowest BCUT2D eigenvalue weighted by Crippen LogP contribution is -2.42. The Morgan fingerprint density at radius 1 is 1.50 bits per heavy atom. The molecule has 0 bridgehead atoms. The van der Waals surface area contributed by atoms with E-state index in [0.29, 0.717) is 5.02 Å². The molecule has 1 aliphatic heterocycles. The summed E-state index contributed by atoms with van der Waals surface area (Å²) >= 11 is 6.10. The summed E-state index contributed by atoms with van der Waals surface area (Å²) in [6, 6.07) is 4.52. The van der Waals surface area contributed by atoms with Crippen molar-refractivity contribution >= 4 is 23.0 Å². The lowest BCUT2D eigenvalue weighted by atomic mass is 10.0. The first-order valence-corrected chi connectivity index (χ1v) is 6.32. The van der Waals surface area contributed by atoms with E-state index in [2.05, 4.69) is 0 Å². The minimum Gasteiger partial charge on any atom is -0.394 e. The predicted octanol–water partition coefficient (Wildman–Crippen LogP) is 2.60. The maximum absolute atomic E-state index is 10.7. The van der Waals surface area contributed by atoms with Gasteiger partial charge in [-0.3, -0.25) is 10.1 Å². The number of piperidine rings is 1. The highest BCUT2D eigenvalue weighted by molar-refractivity contribution is 6.33. The summed E-state index contributed by atoms with van der Waals surface area (Å²) in [7, 11) is 0. The van der Waals surface area contributed by atoms with E-state index in [1.54, 1.807) is 6.07 Å². The highest BCUT2D eigenvalue weighted by Gasteiger charge is 2.24. The van der Waals surface area contributed by atoms with Crippen LogP contribution in [0.15, 0.2) is 18.2 Å². The highest BCUT2D eigenvalue weighted by Crippen LogP contribution is 2.33. The van der Waals surface area contributed by atoms with Crippen LogP contribution in [0.25, 0.3) is 0 Å². The fraction of sp³-hybridized carbons (Fsp3) is 0.500. The van der Waals surface area contributed by atoms with Crippen molar-refractivity contribution in [2.45, 2.75) is 25.3 Å². The Labute approximate surface area is 110 Å². The van der Waals surface area contributed by atoms with Crippen molar-refractivity contribution in [2.75, 3.05) is 18.1 Å². The van der Waals surface area contributed by atoms with Crippen LogP contribution < -0.4 is 4.90 Å². The summed E-state index contributed by atoms with van der Waals surface area (Å²) < 4.78 is 0. The summed E-state index contributed by atoms with van der Waals surface area (Å²) in [6.45, 7) is 0.899. The SMILES string of the molecule is O=[N+]([O-])c1ccc(N2CCCC[C@@H]2CO)c(Cl)c1. The number of hydrogen-bond acceptors (Lipinski definition) is 4. The van der Waals surface area contributed by atoms with Gasteiger partial charge in [-0.15, -0.1) is 0 Å². The van der Waals surface area contributed by atoms with E-state index in [9.17, 15) is 15.2 Å². The molecule has 0 spiro atoms. The van der Waals surface area contributed by atoms with Gasteiger partial charge in [0.15, 0.2) is 0 Å². The number of benzene rings is 1. The monoisotopic (exact) mass is 270 g/mol. The van der Waals surface area contributed by atoms with Crippen LogP contribution in [0.4, 0.5) is 11.4 Å². The normalized spacial score (nSPS) is 19.9. The van der Waals surface area contributed by atoms with E-state index in [4.69, 9.17) is 11.6 Å². The number of hydrogen-bond donors (Lipinski definition) is 1. The van der Waals surface area contributed by atoms with Crippen molar-refractivity contribution in [2.24, 2.45) is 0 Å². The molecule has 0 amide bonds. The number of nitrogens with zero attached hydrogens (tertiary/aromatic N) is 2. The number of nitro groups is 1. The van der Waals surface area contributed by atoms with Crippen LogP contribution in [0.3, 0.4) is 0 Å². The molecule has 1 aromatic carbocycles. The summed E-state index contributed by atoms with van der Waals surface area (Å²) in [6.07, 6.45) is 3.06. The van der Waals surface area contributed by atoms with Crippen LogP contribution in [0.2, 0.25) is 5.02 Å². The van der Waals surface area contributed by atoms with Gasteiger partial charge in [0.05, 0.1) is 28.3 Å². The van der Waals surface area contributed by atoms with Crippen LogP contribution >= 0.6 is 11.6 Å². The smallest absolute Gasteiger partial charge is 0.271 e. The first-order chi connectivity index (χ1) is 8.63. The zero-order valence-electron chi connectivity index (χ0n) is 9.88. The molecule has 0 saturated carbocycles. The predicted molar refractivity (Wildman–Crippen MR) is 70.2 cm³/mol. The number of aliphatic hydroxyl groups excluding tert-OH is 1. The quantitative estimate of drug-likeness (QED) is 0.677. The molecule has 2 rings (SSSR count). The Balaban J connectivity index is 2.29. The largest absolute Gasteiger partial charge is 0.394 e. The summed E-state index contributed by atoms with van der Waals surface area (Å²) in [4.78, 5) is 12.2. The molecule has 1 atom stereocenters. The number of anilines is 1. The first kappa shape index (κ1) is 13.1. The molecule has 0 unspecified atom stereocenters. The van der Waals surface area contributed by atoms with Crippen LogP contribution in [0.1, 0.15) is 19.3 Å². The lowest BCUT2D eigenvalue weighted by molar-refractivity contribution is -0.384. The summed E-state index contributed by atoms with van der Waals surface area (Å²) in [5, 5.41) is 20.4. The van der Waals surface area contributed by atoms with Crippen molar-refractivity contribution < 1.29 is 10.0 Å². The van der Waals surface area contributed by atoms with Gasteiger partial charge < -0.3 is 10.0 Å². The van der Waals surface area contributed by atoms with Crippen molar-refractivity contribution in [3.63, 3.8) is 0 Å². The molecule has 1 N–H and O–H groups in total. The Kier molecular flexibility index (Phi) is 4.04. The molecule has 0 aliphatic carbocycles. The molecular formula is C12H15ClN2O3. The Morgan fingerprint density at radius 3 is 2.89 bits per heavy atom. The maximum Gasteiger partial charge on any atom is 0.271 e. The minimum atomic E-state index is -0.463. The Morgan fingerprint density at radius 2 is 2.28 bits per heavy atom. The molecule has 1 heterocycles. The fourth-order valence-corrected chi connectivity index (χ4v) is 2.63. The van der Waals surface area contributed by atoms with E-state index in [0.717, 1.165) is 31.5 Å². The number of non-ortho nitro benzene ring substituents is 1. The molecule has 1 aliphatic rings. The van der Waals surface area contributed by atoms with Crippen molar-refractivity contribution in [3.8, 4) is 0 Å². The van der Waals surface area contributed by atoms with E-state index in [1.165, 1.54) is 12.1 Å². The van der Waals surface area contributed by atoms with Crippen molar-refractivity contribution in [1.29, 1.82) is 0 Å². The van der Waals surface area contributed by atoms with Gasteiger partial charge in [-0.05, 0) is 25.3 Å². The molecule has 6 heteroatoms. The summed E-state index contributed by atoms with van der Waals surface area (Å²) in [5.41, 5.74) is 0.752. The zero-order chi connectivity index (χ0) is 13.1. The van der Waals surface area contributed by atoms with Gasteiger partial charge in [0.1, 0.15) is 0 Å². The van der Waals surface area contributed by atoms with Crippen LogP contribution in [-0.2, 0) is 0 Å². The van der Waals surface area contributed by atoms with Crippen LogP contribution in [0.5, 0.6) is 0 Å². The molecule has 1 fully saturated rings. The molecule has 5 nitrogen and oxygen atoms in total. The van der Waals surface area contributed by atoms with Gasteiger partial charge in [-0.1, -0.05) is 11.6 Å². The molecule has 1 aromatic rings. The highest BCUT2D eigenvalue weighted by atomic mass is 35.5. The van der Waals surface area contributed by atoms with E-state index >= 15 is 0 Å². The second-order valence-corrected chi connectivity index (χ2v) is 4.83. The van der Waals surface area contributed by atoms with Gasteiger partial charge in [0.25, 0.3) is 5.69 Å². The number of nitro benzene ring substituents is 1. The topological polar surface area (TPSA) is 66.6 Å².